The van der Waals surface area contributed by atoms with Gasteiger partial charge in [0.25, 0.3) is 5.91 Å². The summed E-state index contributed by atoms with van der Waals surface area (Å²) in [4.78, 5) is 21.7. The molecule has 2 rings (SSSR count). The summed E-state index contributed by atoms with van der Waals surface area (Å²) in [5.74, 6) is 0.543. The van der Waals surface area contributed by atoms with Crippen molar-refractivity contribution in [3.8, 4) is 0 Å². The van der Waals surface area contributed by atoms with Crippen molar-refractivity contribution in [1.29, 1.82) is 0 Å². The third kappa shape index (κ3) is 2.47. The van der Waals surface area contributed by atoms with E-state index in [1.165, 1.54) is 4.90 Å². The molecule has 1 amide bonds. The van der Waals surface area contributed by atoms with E-state index < -0.39 is 0 Å². The fourth-order valence-electron chi connectivity index (χ4n) is 1.45. The molecule has 0 aromatic carbocycles. The van der Waals surface area contributed by atoms with Crippen LogP contribution in [0.1, 0.15) is 15.9 Å². The van der Waals surface area contributed by atoms with E-state index in [1.807, 2.05) is 19.1 Å². The van der Waals surface area contributed by atoms with Gasteiger partial charge < -0.3 is 0 Å². The number of hydrogen-bond acceptors (Lipinski definition) is 3. The lowest BCUT2D eigenvalue weighted by Gasteiger charge is -2.16. The van der Waals surface area contributed by atoms with Crippen molar-refractivity contribution in [1.82, 2.24) is 9.97 Å². The largest absolute Gasteiger partial charge is 0.296 e. The third-order valence-corrected chi connectivity index (χ3v) is 2.47. The second-order valence-corrected chi connectivity index (χ2v) is 3.79. The molecule has 0 atom stereocenters. The van der Waals surface area contributed by atoms with E-state index in [1.54, 1.807) is 37.8 Å². The van der Waals surface area contributed by atoms with Crippen molar-refractivity contribution in [2.45, 2.75) is 6.92 Å². The second kappa shape index (κ2) is 4.74. The lowest BCUT2D eigenvalue weighted by molar-refractivity contribution is 0.0992. The molecular formula is C13H13N3O. The van der Waals surface area contributed by atoms with Gasteiger partial charge >= 0.3 is 0 Å². The van der Waals surface area contributed by atoms with Gasteiger partial charge in [0.15, 0.2) is 0 Å². The Morgan fingerprint density at radius 3 is 2.47 bits per heavy atom. The van der Waals surface area contributed by atoms with Gasteiger partial charge in [-0.2, -0.15) is 0 Å². The van der Waals surface area contributed by atoms with Crippen LogP contribution in [0.4, 0.5) is 5.82 Å². The molecule has 0 N–H and O–H groups in total. The molecule has 2 aromatic heterocycles. The minimum atomic E-state index is -0.0937. The van der Waals surface area contributed by atoms with Gasteiger partial charge in [0, 0.05) is 31.2 Å². The summed E-state index contributed by atoms with van der Waals surface area (Å²) in [5, 5.41) is 0. The number of aryl methyl sites for hydroxylation is 1. The molecule has 0 aliphatic rings. The first-order valence-corrected chi connectivity index (χ1v) is 5.29. The number of amides is 1. The van der Waals surface area contributed by atoms with Crippen molar-refractivity contribution in [3.05, 3.63) is 54.0 Å². The highest BCUT2D eigenvalue weighted by molar-refractivity contribution is 6.05. The summed E-state index contributed by atoms with van der Waals surface area (Å²) >= 11 is 0. The Balaban J connectivity index is 2.23. The topological polar surface area (TPSA) is 46.1 Å². The maximum absolute atomic E-state index is 12.1. The normalized spacial score (nSPS) is 10.0. The first-order valence-electron chi connectivity index (χ1n) is 5.29. The van der Waals surface area contributed by atoms with E-state index in [-0.39, 0.29) is 5.91 Å². The van der Waals surface area contributed by atoms with Crippen LogP contribution in [0.3, 0.4) is 0 Å². The van der Waals surface area contributed by atoms with E-state index in [0.717, 1.165) is 5.56 Å². The van der Waals surface area contributed by atoms with Crippen molar-refractivity contribution in [3.63, 3.8) is 0 Å². The van der Waals surface area contributed by atoms with Crippen LogP contribution >= 0.6 is 0 Å². The Bertz CT molecular complexity index is 508. The van der Waals surface area contributed by atoms with Crippen LogP contribution in [0, 0.1) is 6.92 Å². The molecule has 86 valence electrons. The quantitative estimate of drug-likeness (QED) is 0.789. The molecule has 0 radical (unpaired) electrons. The maximum atomic E-state index is 12.1. The van der Waals surface area contributed by atoms with Crippen LogP contribution in [0.25, 0.3) is 0 Å². The van der Waals surface area contributed by atoms with Crippen LogP contribution < -0.4 is 4.90 Å². The summed E-state index contributed by atoms with van der Waals surface area (Å²) in [6, 6.07) is 7.13. The highest BCUT2D eigenvalue weighted by Crippen LogP contribution is 2.12. The first kappa shape index (κ1) is 11.3. The van der Waals surface area contributed by atoms with E-state index in [0.29, 0.717) is 11.4 Å². The fourth-order valence-corrected chi connectivity index (χ4v) is 1.45. The van der Waals surface area contributed by atoms with Gasteiger partial charge in [0.05, 0.1) is 0 Å². The number of hydrogen-bond donors (Lipinski definition) is 0. The number of anilines is 1. The van der Waals surface area contributed by atoms with Gasteiger partial charge in [0.1, 0.15) is 5.82 Å². The average molecular weight is 227 g/mol. The van der Waals surface area contributed by atoms with Gasteiger partial charge in [-0.3, -0.25) is 14.7 Å². The molecule has 4 heteroatoms. The molecular weight excluding hydrogens is 214 g/mol. The number of pyridine rings is 2. The summed E-state index contributed by atoms with van der Waals surface area (Å²) in [5.41, 5.74) is 1.67. The molecule has 0 aliphatic heterocycles. The second-order valence-electron chi connectivity index (χ2n) is 3.79. The summed E-state index contributed by atoms with van der Waals surface area (Å²) < 4.78 is 0. The van der Waals surface area contributed by atoms with Crippen molar-refractivity contribution >= 4 is 11.7 Å². The summed E-state index contributed by atoms with van der Waals surface area (Å²) in [7, 11) is 1.71. The number of carbonyl (C=O) groups excluding carboxylic acids is 1. The molecule has 0 saturated carbocycles. The monoisotopic (exact) mass is 227 g/mol. The SMILES string of the molecule is Cc1ccc(N(C)C(=O)c2ccncc2)nc1. The average Bonchev–Trinajstić information content (AvgIpc) is 2.39. The van der Waals surface area contributed by atoms with E-state index in [4.69, 9.17) is 0 Å². The summed E-state index contributed by atoms with van der Waals surface area (Å²) in [6.45, 7) is 1.96. The Kier molecular flexibility index (Phi) is 3.14. The number of aromatic nitrogens is 2. The van der Waals surface area contributed by atoms with Crippen LogP contribution in [-0.4, -0.2) is 22.9 Å². The molecule has 17 heavy (non-hydrogen) atoms. The zero-order valence-electron chi connectivity index (χ0n) is 9.79. The lowest BCUT2D eigenvalue weighted by atomic mass is 10.2. The van der Waals surface area contributed by atoms with Crippen LogP contribution in [0.15, 0.2) is 42.9 Å². The summed E-state index contributed by atoms with van der Waals surface area (Å²) in [6.07, 6.45) is 4.94. The van der Waals surface area contributed by atoms with Crippen molar-refractivity contribution < 1.29 is 4.79 Å². The van der Waals surface area contributed by atoms with Gasteiger partial charge in [-0.15, -0.1) is 0 Å². The molecule has 2 heterocycles. The zero-order chi connectivity index (χ0) is 12.3. The molecule has 0 spiro atoms. The molecule has 0 aliphatic carbocycles. The Hall–Kier alpha value is -2.23. The zero-order valence-corrected chi connectivity index (χ0v) is 9.79. The predicted octanol–water partition coefficient (Wildman–Crippen LogP) is 2.06. The Morgan fingerprint density at radius 1 is 1.18 bits per heavy atom. The van der Waals surface area contributed by atoms with Gasteiger partial charge in [-0.25, -0.2) is 4.98 Å². The Morgan fingerprint density at radius 2 is 1.88 bits per heavy atom. The maximum Gasteiger partial charge on any atom is 0.259 e. The number of rotatable bonds is 2. The van der Waals surface area contributed by atoms with Crippen molar-refractivity contribution in [2.24, 2.45) is 0 Å². The predicted molar refractivity (Wildman–Crippen MR) is 65.9 cm³/mol. The fraction of sp³-hybridized carbons (Fsp3) is 0.154. The van der Waals surface area contributed by atoms with Gasteiger partial charge in [-0.05, 0) is 30.7 Å². The number of carbonyl (C=O) groups is 1. The minimum Gasteiger partial charge on any atom is -0.296 e. The smallest absolute Gasteiger partial charge is 0.259 e. The molecule has 0 saturated heterocycles. The highest BCUT2D eigenvalue weighted by atomic mass is 16.2. The van der Waals surface area contributed by atoms with Gasteiger partial charge in [-0.1, -0.05) is 6.07 Å². The van der Waals surface area contributed by atoms with E-state index >= 15 is 0 Å². The van der Waals surface area contributed by atoms with Gasteiger partial charge in [0.2, 0.25) is 0 Å². The molecule has 0 unspecified atom stereocenters. The highest BCUT2D eigenvalue weighted by Gasteiger charge is 2.13. The van der Waals surface area contributed by atoms with Crippen LogP contribution in [0.5, 0.6) is 0 Å². The molecule has 2 aromatic rings. The first-order chi connectivity index (χ1) is 8.18. The van der Waals surface area contributed by atoms with Crippen LogP contribution in [-0.2, 0) is 0 Å². The van der Waals surface area contributed by atoms with E-state index in [9.17, 15) is 4.79 Å². The van der Waals surface area contributed by atoms with Crippen LogP contribution in [0.2, 0.25) is 0 Å². The molecule has 0 bridgehead atoms. The minimum absolute atomic E-state index is 0.0937. The third-order valence-electron chi connectivity index (χ3n) is 2.47. The molecule has 0 fully saturated rings. The standard InChI is InChI=1S/C13H13N3O/c1-10-3-4-12(15-9-10)16(2)13(17)11-5-7-14-8-6-11/h3-9H,1-2H3. The Labute approximate surface area is 99.9 Å². The molecule has 4 nitrogen and oxygen atoms in total. The number of nitrogens with zero attached hydrogens (tertiary/aromatic N) is 3. The van der Waals surface area contributed by atoms with Crippen molar-refractivity contribution in [2.75, 3.05) is 11.9 Å². The lowest BCUT2D eigenvalue weighted by Crippen LogP contribution is -2.26. The van der Waals surface area contributed by atoms with E-state index in [2.05, 4.69) is 9.97 Å².